The summed E-state index contributed by atoms with van der Waals surface area (Å²) in [5, 5.41) is 2.80. The van der Waals surface area contributed by atoms with Gasteiger partial charge in [0.25, 0.3) is 5.91 Å². The number of aromatic nitrogens is 4. The second-order valence-corrected chi connectivity index (χ2v) is 8.15. The molecule has 0 spiro atoms. The summed E-state index contributed by atoms with van der Waals surface area (Å²) >= 11 is 0. The minimum atomic E-state index is -0.223. The van der Waals surface area contributed by atoms with Crippen LogP contribution in [-0.2, 0) is 0 Å². The van der Waals surface area contributed by atoms with Crippen molar-refractivity contribution in [1.82, 2.24) is 24.3 Å². The highest BCUT2D eigenvalue weighted by Crippen LogP contribution is 2.36. The van der Waals surface area contributed by atoms with E-state index in [0.29, 0.717) is 23.2 Å². The summed E-state index contributed by atoms with van der Waals surface area (Å²) < 4.78 is 1.89. The Bertz CT molecular complexity index is 1380. The molecule has 1 atom stereocenters. The van der Waals surface area contributed by atoms with Crippen molar-refractivity contribution in [1.29, 1.82) is 0 Å². The number of benzene rings is 1. The summed E-state index contributed by atoms with van der Waals surface area (Å²) in [6, 6.07) is 14.8. The lowest BCUT2D eigenvalue weighted by atomic mass is 10.1. The van der Waals surface area contributed by atoms with Crippen LogP contribution in [-0.4, -0.2) is 43.2 Å². The summed E-state index contributed by atoms with van der Waals surface area (Å²) in [6.07, 6.45) is 5.48. The van der Waals surface area contributed by atoms with Crippen molar-refractivity contribution >= 4 is 23.2 Å². The minimum absolute atomic E-state index is 0.176. The zero-order valence-electron chi connectivity index (χ0n) is 18.9. The fourth-order valence-electron chi connectivity index (χ4n) is 4.42. The number of anilines is 2. The van der Waals surface area contributed by atoms with Gasteiger partial charge in [0.15, 0.2) is 0 Å². The van der Waals surface area contributed by atoms with Gasteiger partial charge in [-0.25, -0.2) is 15.0 Å². The smallest absolute Gasteiger partial charge is 0.256 e. The van der Waals surface area contributed by atoms with Gasteiger partial charge in [-0.15, -0.1) is 5.92 Å². The maximum absolute atomic E-state index is 12.6. The van der Waals surface area contributed by atoms with Gasteiger partial charge in [0.2, 0.25) is 5.95 Å². The molecule has 0 saturated carbocycles. The normalized spacial score (nSPS) is 15.7. The number of nitrogens with one attached hydrogen (secondary N) is 1. The van der Waals surface area contributed by atoms with E-state index in [-0.39, 0.29) is 11.9 Å². The third kappa shape index (κ3) is 4.09. The van der Waals surface area contributed by atoms with Gasteiger partial charge in [-0.1, -0.05) is 24.1 Å². The van der Waals surface area contributed by atoms with Crippen molar-refractivity contribution in [3.63, 3.8) is 0 Å². The van der Waals surface area contributed by atoms with Gasteiger partial charge in [-0.2, -0.15) is 0 Å². The maximum Gasteiger partial charge on any atom is 0.256 e. The van der Waals surface area contributed by atoms with Crippen LogP contribution in [0.1, 0.15) is 41.9 Å². The van der Waals surface area contributed by atoms with E-state index in [1.807, 2.05) is 35.6 Å². The number of imidazole rings is 1. The molecule has 8 nitrogen and oxygen atoms in total. The van der Waals surface area contributed by atoms with Crippen LogP contribution in [0, 0.1) is 11.8 Å². The van der Waals surface area contributed by atoms with Crippen LogP contribution in [0.3, 0.4) is 0 Å². The molecule has 1 unspecified atom stereocenters. The average molecular weight is 452 g/mol. The molecule has 3 N–H and O–H groups in total. The largest absolute Gasteiger partial charge is 0.369 e. The van der Waals surface area contributed by atoms with Crippen molar-refractivity contribution in [3.8, 4) is 23.2 Å². The van der Waals surface area contributed by atoms with Gasteiger partial charge in [0, 0.05) is 23.5 Å². The molecule has 170 valence electrons. The molecule has 1 aliphatic rings. The molecule has 0 aliphatic carbocycles. The Morgan fingerprint density at radius 1 is 1.15 bits per heavy atom. The number of amides is 1. The third-order valence-electron chi connectivity index (χ3n) is 6.06. The lowest BCUT2D eigenvalue weighted by molar-refractivity contribution is 0.102. The number of hydrogen-bond donors (Lipinski definition) is 2. The lowest BCUT2D eigenvalue weighted by Crippen LogP contribution is -2.24. The van der Waals surface area contributed by atoms with Crippen molar-refractivity contribution in [2.45, 2.75) is 25.8 Å². The molecule has 1 fully saturated rings. The van der Waals surface area contributed by atoms with Gasteiger partial charge in [0.1, 0.15) is 11.6 Å². The van der Waals surface area contributed by atoms with E-state index in [1.165, 1.54) is 0 Å². The predicted molar refractivity (Wildman–Crippen MR) is 132 cm³/mol. The van der Waals surface area contributed by atoms with Crippen LogP contribution in [0.2, 0.25) is 0 Å². The van der Waals surface area contributed by atoms with Crippen molar-refractivity contribution in [2.75, 3.05) is 24.1 Å². The molecule has 1 amide bonds. The number of fused-ring (bicyclic) bond motifs is 1. The van der Waals surface area contributed by atoms with Gasteiger partial charge in [-0.3, -0.25) is 14.1 Å². The SMILES string of the molecule is CC#CCN1CCCC1c1nc(-c2ccc(C(=O)Nc3ccccn3)cc2)n2c(N)nccc12. The van der Waals surface area contributed by atoms with Crippen molar-refractivity contribution in [3.05, 3.63) is 72.2 Å². The summed E-state index contributed by atoms with van der Waals surface area (Å²) in [4.78, 5) is 28.4. The number of rotatable bonds is 5. The van der Waals surface area contributed by atoms with E-state index in [2.05, 4.69) is 32.0 Å². The van der Waals surface area contributed by atoms with E-state index in [4.69, 9.17) is 10.7 Å². The first-order valence-corrected chi connectivity index (χ1v) is 11.2. The standard InChI is InChI=1S/C26H25N7O/c1-2-3-16-32-17-6-7-20(32)23-21-13-15-29-26(27)33(21)24(31-23)18-9-11-19(12-10-18)25(34)30-22-8-4-5-14-28-22/h4-5,8-15,20H,6-7,16-17H2,1H3,(H2,27,29)(H,28,30,34). The van der Waals surface area contributed by atoms with Crippen molar-refractivity contribution < 1.29 is 4.79 Å². The zero-order valence-corrected chi connectivity index (χ0v) is 18.9. The van der Waals surface area contributed by atoms with Crippen LogP contribution in [0.25, 0.3) is 16.9 Å². The number of nitrogen functional groups attached to an aromatic ring is 1. The number of pyridine rings is 1. The van der Waals surface area contributed by atoms with Crippen LogP contribution in [0.4, 0.5) is 11.8 Å². The van der Waals surface area contributed by atoms with E-state index in [1.54, 1.807) is 36.7 Å². The van der Waals surface area contributed by atoms with Crippen LogP contribution >= 0.6 is 0 Å². The number of likely N-dealkylation sites (tertiary alicyclic amines) is 1. The maximum atomic E-state index is 12.6. The molecule has 4 aromatic rings. The molecular weight excluding hydrogens is 426 g/mol. The van der Waals surface area contributed by atoms with E-state index >= 15 is 0 Å². The first-order chi connectivity index (χ1) is 16.7. The Morgan fingerprint density at radius 3 is 2.76 bits per heavy atom. The van der Waals surface area contributed by atoms with E-state index in [9.17, 15) is 4.79 Å². The second kappa shape index (κ2) is 9.33. The fraction of sp³-hybridized carbons (Fsp3) is 0.231. The molecule has 1 saturated heterocycles. The fourth-order valence-corrected chi connectivity index (χ4v) is 4.42. The first kappa shape index (κ1) is 21.6. The third-order valence-corrected chi connectivity index (χ3v) is 6.06. The van der Waals surface area contributed by atoms with E-state index in [0.717, 1.165) is 42.7 Å². The molecule has 3 aromatic heterocycles. The molecule has 0 radical (unpaired) electrons. The zero-order chi connectivity index (χ0) is 23.5. The highest BCUT2D eigenvalue weighted by atomic mass is 16.1. The molecule has 8 heteroatoms. The Labute approximate surface area is 197 Å². The summed E-state index contributed by atoms with van der Waals surface area (Å²) in [7, 11) is 0. The first-order valence-electron chi connectivity index (χ1n) is 11.2. The molecule has 1 aromatic carbocycles. The summed E-state index contributed by atoms with van der Waals surface area (Å²) in [5.41, 5.74) is 9.60. The topological polar surface area (TPSA) is 101 Å². The lowest BCUT2D eigenvalue weighted by Gasteiger charge is -2.20. The minimum Gasteiger partial charge on any atom is -0.369 e. The highest BCUT2D eigenvalue weighted by molar-refractivity contribution is 6.04. The molecule has 5 rings (SSSR count). The van der Waals surface area contributed by atoms with Gasteiger partial charge < -0.3 is 11.1 Å². The van der Waals surface area contributed by atoms with Crippen LogP contribution in [0.15, 0.2) is 60.9 Å². The quantitative estimate of drug-likeness (QED) is 0.448. The highest BCUT2D eigenvalue weighted by Gasteiger charge is 2.30. The van der Waals surface area contributed by atoms with Gasteiger partial charge >= 0.3 is 0 Å². The second-order valence-electron chi connectivity index (χ2n) is 8.15. The molecule has 34 heavy (non-hydrogen) atoms. The number of hydrogen-bond acceptors (Lipinski definition) is 6. The molecular formula is C26H25N7O. The summed E-state index contributed by atoms with van der Waals surface area (Å²) in [6.45, 7) is 3.58. The molecule has 1 aliphatic heterocycles. The predicted octanol–water partition coefficient (Wildman–Crippen LogP) is 3.79. The summed E-state index contributed by atoms with van der Waals surface area (Å²) in [5.74, 6) is 7.54. The Kier molecular flexibility index (Phi) is 5.93. The molecule has 0 bridgehead atoms. The van der Waals surface area contributed by atoms with Crippen LogP contribution in [0.5, 0.6) is 0 Å². The Hall–Kier alpha value is -4.22. The number of nitrogens with zero attached hydrogens (tertiary/aromatic N) is 5. The number of nitrogens with two attached hydrogens (primary N) is 1. The average Bonchev–Trinajstić information content (AvgIpc) is 3.48. The molecule has 4 heterocycles. The van der Waals surface area contributed by atoms with E-state index < -0.39 is 0 Å². The number of carbonyl (C=O) groups is 1. The van der Waals surface area contributed by atoms with Gasteiger partial charge in [-0.05, 0) is 56.6 Å². The Balaban J connectivity index is 1.49. The monoisotopic (exact) mass is 451 g/mol. The number of carbonyl (C=O) groups excluding carboxylic acids is 1. The Morgan fingerprint density at radius 2 is 2.00 bits per heavy atom. The van der Waals surface area contributed by atoms with Gasteiger partial charge in [0.05, 0.1) is 23.8 Å². The van der Waals surface area contributed by atoms with Crippen molar-refractivity contribution in [2.24, 2.45) is 0 Å². The van der Waals surface area contributed by atoms with Crippen LogP contribution < -0.4 is 11.1 Å².